The summed E-state index contributed by atoms with van der Waals surface area (Å²) >= 11 is 0. The minimum absolute atomic E-state index is 0.229. The van der Waals surface area contributed by atoms with Gasteiger partial charge in [0.2, 0.25) is 0 Å². The summed E-state index contributed by atoms with van der Waals surface area (Å²) < 4.78 is 29.0. The Morgan fingerprint density at radius 2 is 1.62 bits per heavy atom. The summed E-state index contributed by atoms with van der Waals surface area (Å²) in [6, 6.07) is 15.9. The first-order valence-electron chi connectivity index (χ1n) is 12.4. The van der Waals surface area contributed by atoms with Crippen LogP contribution in [0.4, 0.5) is 5.69 Å². The molecule has 0 radical (unpaired) electrons. The number of benzene rings is 3. The van der Waals surface area contributed by atoms with Crippen LogP contribution >= 0.6 is 0 Å². The quantitative estimate of drug-likeness (QED) is 0.279. The highest BCUT2D eigenvalue weighted by atomic mass is 16.5. The average molecular weight is 540 g/mol. The normalized spacial score (nSPS) is 11.3. The second kappa shape index (κ2) is 9.81. The van der Waals surface area contributed by atoms with Gasteiger partial charge in [-0.3, -0.25) is 19.0 Å². The van der Waals surface area contributed by atoms with Gasteiger partial charge in [0.05, 0.1) is 56.1 Å². The monoisotopic (exact) mass is 539 g/mol. The summed E-state index contributed by atoms with van der Waals surface area (Å²) in [5.74, 6) is 2.02. The lowest BCUT2D eigenvalue weighted by Gasteiger charge is -2.12. The van der Waals surface area contributed by atoms with E-state index >= 15 is 0 Å². The van der Waals surface area contributed by atoms with Crippen molar-refractivity contribution < 1.29 is 28.5 Å². The van der Waals surface area contributed by atoms with E-state index in [0.717, 1.165) is 10.8 Å². The Hall–Kier alpha value is -5.25. The molecule has 202 valence electrons. The third kappa shape index (κ3) is 3.84. The van der Waals surface area contributed by atoms with Gasteiger partial charge in [0.15, 0.2) is 18.1 Å². The number of nitrogens with one attached hydrogen (secondary N) is 1. The van der Waals surface area contributed by atoms with Gasteiger partial charge in [0.1, 0.15) is 17.2 Å². The highest BCUT2D eigenvalue weighted by Gasteiger charge is 2.22. The molecule has 1 N–H and O–H groups in total. The molecule has 1 amide bonds. The third-order valence-corrected chi connectivity index (χ3v) is 6.92. The number of pyridine rings is 2. The van der Waals surface area contributed by atoms with Crippen molar-refractivity contribution in [2.75, 3.05) is 40.4 Å². The lowest BCUT2D eigenvalue weighted by molar-refractivity contribution is -0.118. The number of hydrogen-bond acceptors (Lipinski definition) is 8. The predicted octanol–water partition coefficient (Wildman–Crippen LogP) is 4.64. The van der Waals surface area contributed by atoms with Gasteiger partial charge in [-0.2, -0.15) is 0 Å². The van der Waals surface area contributed by atoms with Crippen LogP contribution in [-0.2, 0) is 4.79 Å². The van der Waals surface area contributed by atoms with Gasteiger partial charge in [-0.1, -0.05) is 0 Å². The molecule has 0 fully saturated rings. The summed E-state index contributed by atoms with van der Waals surface area (Å²) in [6.45, 7) is -0.229. The van der Waals surface area contributed by atoms with Crippen molar-refractivity contribution >= 4 is 49.7 Å². The van der Waals surface area contributed by atoms with Crippen LogP contribution in [-0.4, -0.2) is 50.3 Å². The van der Waals surface area contributed by atoms with E-state index in [1.165, 1.54) is 21.3 Å². The Bertz CT molecular complexity index is 1980. The fourth-order valence-corrected chi connectivity index (χ4v) is 5.13. The van der Waals surface area contributed by atoms with Crippen LogP contribution in [0, 0.1) is 0 Å². The van der Waals surface area contributed by atoms with Crippen LogP contribution in [0.1, 0.15) is 0 Å². The van der Waals surface area contributed by atoms with Crippen LogP contribution in [0.5, 0.6) is 28.7 Å². The number of hydrogen-bond donors (Lipinski definition) is 1. The third-order valence-electron chi connectivity index (χ3n) is 6.92. The summed E-state index contributed by atoms with van der Waals surface area (Å²) in [5.41, 5.74) is 2.31. The standard InChI is InChI=1S/C30H25N3O7/c1-36-16-5-8-21(24(14-16)38-3)32-25(34)15-40-17-6-9-22-20(13-17)18-11-12-31-27-19-7-10-23(37-2)29(39-4)26(19)30(35)33(22)28(18)27/h5-14H,15H2,1-4H3,(H,32,34). The molecule has 6 rings (SSSR count). The van der Waals surface area contributed by atoms with Gasteiger partial charge in [0, 0.05) is 28.4 Å². The summed E-state index contributed by atoms with van der Waals surface area (Å²) in [4.78, 5) is 31.2. The maximum absolute atomic E-state index is 13.9. The largest absolute Gasteiger partial charge is 0.497 e. The SMILES string of the molecule is COc1ccc(NC(=O)COc2ccc3c(c2)c2ccnc4c5ccc(OC)c(OC)c5c(=O)n3c24)c(OC)c1. The minimum atomic E-state index is -0.359. The summed E-state index contributed by atoms with van der Waals surface area (Å²) in [5, 5.41) is 5.48. The lowest BCUT2D eigenvalue weighted by Crippen LogP contribution is -2.20. The van der Waals surface area contributed by atoms with Crippen molar-refractivity contribution in [1.82, 2.24) is 9.38 Å². The zero-order chi connectivity index (χ0) is 28.0. The van der Waals surface area contributed by atoms with E-state index in [-0.39, 0.29) is 18.1 Å². The molecule has 3 aromatic carbocycles. The van der Waals surface area contributed by atoms with Gasteiger partial charge in [-0.25, -0.2) is 0 Å². The van der Waals surface area contributed by atoms with Gasteiger partial charge < -0.3 is 29.0 Å². The second-order valence-corrected chi connectivity index (χ2v) is 9.00. The fourth-order valence-electron chi connectivity index (χ4n) is 5.13. The Morgan fingerprint density at radius 3 is 2.38 bits per heavy atom. The number of ether oxygens (including phenoxy) is 5. The molecule has 0 spiro atoms. The fraction of sp³-hybridized carbons (Fsp3) is 0.167. The number of methoxy groups -OCH3 is 4. The molecule has 0 saturated heterocycles. The number of fused-ring (bicyclic) bond motifs is 5. The van der Waals surface area contributed by atoms with Crippen LogP contribution < -0.4 is 34.6 Å². The average Bonchev–Trinajstić information content (AvgIpc) is 3.32. The molecule has 10 nitrogen and oxygen atoms in total. The van der Waals surface area contributed by atoms with Gasteiger partial charge in [0.25, 0.3) is 11.5 Å². The van der Waals surface area contributed by atoms with Crippen molar-refractivity contribution in [2.45, 2.75) is 0 Å². The maximum atomic E-state index is 13.9. The number of carbonyl (C=O) groups is 1. The van der Waals surface area contributed by atoms with E-state index in [2.05, 4.69) is 10.3 Å². The van der Waals surface area contributed by atoms with Crippen LogP contribution in [0.25, 0.3) is 38.1 Å². The van der Waals surface area contributed by atoms with Crippen molar-refractivity contribution in [1.29, 1.82) is 0 Å². The molecule has 0 bridgehead atoms. The van der Waals surface area contributed by atoms with Crippen molar-refractivity contribution in [3.63, 3.8) is 0 Å². The van der Waals surface area contributed by atoms with Crippen molar-refractivity contribution in [2.24, 2.45) is 0 Å². The molecule has 0 atom stereocenters. The Morgan fingerprint density at radius 1 is 0.825 bits per heavy atom. The van der Waals surface area contributed by atoms with E-state index in [1.807, 2.05) is 18.2 Å². The number of rotatable bonds is 8. The number of carbonyl (C=O) groups excluding carboxylic acids is 1. The first-order chi connectivity index (χ1) is 19.5. The highest BCUT2D eigenvalue weighted by Crippen LogP contribution is 2.39. The molecule has 0 aliphatic rings. The number of anilines is 1. The number of aromatic nitrogens is 2. The predicted molar refractivity (Wildman–Crippen MR) is 152 cm³/mol. The molecule has 6 aromatic rings. The zero-order valence-electron chi connectivity index (χ0n) is 22.2. The summed E-state index contributed by atoms with van der Waals surface area (Å²) in [7, 11) is 6.11. The van der Waals surface area contributed by atoms with Gasteiger partial charge in [-0.05, 0) is 48.5 Å². The van der Waals surface area contributed by atoms with Crippen molar-refractivity contribution in [3.8, 4) is 28.7 Å². The zero-order valence-corrected chi connectivity index (χ0v) is 22.2. The Kier molecular flexibility index (Phi) is 6.14. The van der Waals surface area contributed by atoms with E-state index < -0.39 is 0 Å². The van der Waals surface area contributed by atoms with E-state index in [1.54, 1.807) is 54.1 Å². The first-order valence-corrected chi connectivity index (χ1v) is 12.4. The van der Waals surface area contributed by atoms with Gasteiger partial charge >= 0.3 is 0 Å². The van der Waals surface area contributed by atoms with E-state index in [0.29, 0.717) is 61.8 Å². The van der Waals surface area contributed by atoms with Crippen LogP contribution in [0.15, 0.2) is 65.6 Å². The molecule has 0 aliphatic carbocycles. The molecule has 3 heterocycles. The highest BCUT2D eigenvalue weighted by molar-refractivity contribution is 6.19. The number of nitrogens with zero attached hydrogens (tertiary/aromatic N) is 2. The lowest BCUT2D eigenvalue weighted by atomic mass is 10.1. The first kappa shape index (κ1) is 25.1. The van der Waals surface area contributed by atoms with E-state index in [4.69, 9.17) is 23.7 Å². The molecule has 3 aromatic heterocycles. The van der Waals surface area contributed by atoms with Crippen LogP contribution in [0.2, 0.25) is 0 Å². The topological polar surface area (TPSA) is 110 Å². The van der Waals surface area contributed by atoms with Gasteiger partial charge in [-0.15, -0.1) is 0 Å². The Balaban J connectivity index is 1.39. The van der Waals surface area contributed by atoms with Crippen LogP contribution in [0.3, 0.4) is 0 Å². The molecule has 0 aliphatic heterocycles. The smallest absolute Gasteiger partial charge is 0.267 e. The van der Waals surface area contributed by atoms with Crippen molar-refractivity contribution in [3.05, 3.63) is 71.1 Å². The van der Waals surface area contributed by atoms with E-state index in [9.17, 15) is 9.59 Å². The molecule has 0 saturated carbocycles. The molecule has 10 heteroatoms. The molecule has 0 unspecified atom stereocenters. The molecular formula is C30H25N3O7. The second-order valence-electron chi connectivity index (χ2n) is 9.00. The maximum Gasteiger partial charge on any atom is 0.267 e. The minimum Gasteiger partial charge on any atom is -0.497 e. The summed E-state index contributed by atoms with van der Waals surface area (Å²) in [6.07, 6.45) is 1.71. The Labute approximate surface area is 227 Å². The molecular weight excluding hydrogens is 514 g/mol. The number of amides is 1. The molecule has 40 heavy (non-hydrogen) atoms.